The molecule has 0 bridgehead atoms. The summed E-state index contributed by atoms with van der Waals surface area (Å²) in [5.74, 6) is 1.17. The number of likely N-dealkylation sites (tertiary alicyclic amines) is 2. The van der Waals surface area contributed by atoms with Crippen molar-refractivity contribution in [2.75, 3.05) is 39.3 Å². The molecule has 2 aliphatic heterocycles. The third-order valence-electron chi connectivity index (χ3n) is 6.09. The number of hydrogen-bond acceptors (Lipinski definition) is 2. The normalized spacial score (nSPS) is 28.9. The first-order chi connectivity index (χ1) is 10.8. The molecule has 0 aromatic heterocycles. The van der Waals surface area contributed by atoms with Crippen LogP contribution in [0.2, 0.25) is 0 Å². The SMILES string of the molecule is CCNC(=NCC1CCCCN1CC)N1CCC2(CCC2)C1. The highest BCUT2D eigenvalue weighted by Gasteiger charge is 2.43. The number of nitrogens with zero attached hydrogens (tertiary/aromatic N) is 3. The van der Waals surface area contributed by atoms with Gasteiger partial charge in [0.1, 0.15) is 0 Å². The smallest absolute Gasteiger partial charge is 0.193 e. The summed E-state index contributed by atoms with van der Waals surface area (Å²) in [5.41, 5.74) is 0.649. The Morgan fingerprint density at radius 1 is 1.14 bits per heavy atom. The Morgan fingerprint density at radius 3 is 2.64 bits per heavy atom. The van der Waals surface area contributed by atoms with Crippen molar-refractivity contribution in [1.29, 1.82) is 0 Å². The fourth-order valence-corrected chi connectivity index (χ4v) is 4.50. The molecular weight excluding hydrogens is 272 g/mol. The van der Waals surface area contributed by atoms with Gasteiger partial charge in [0.15, 0.2) is 5.96 Å². The van der Waals surface area contributed by atoms with E-state index in [4.69, 9.17) is 4.99 Å². The number of rotatable bonds is 4. The molecule has 4 nitrogen and oxygen atoms in total. The summed E-state index contributed by atoms with van der Waals surface area (Å²) in [5, 5.41) is 3.54. The highest BCUT2D eigenvalue weighted by molar-refractivity contribution is 5.80. The van der Waals surface area contributed by atoms with Gasteiger partial charge in [-0.15, -0.1) is 0 Å². The van der Waals surface area contributed by atoms with Crippen molar-refractivity contribution in [3.63, 3.8) is 0 Å². The van der Waals surface area contributed by atoms with E-state index >= 15 is 0 Å². The molecule has 1 N–H and O–H groups in total. The number of piperidine rings is 1. The van der Waals surface area contributed by atoms with Gasteiger partial charge in [0, 0.05) is 25.7 Å². The van der Waals surface area contributed by atoms with E-state index in [0.29, 0.717) is 11.5 Å². The molecule has 22 heavy (non-hydrogen) atoms. The highest BCUT2D eigenvalue weighted by Crippen LogP contribution is 2.47. The average molecular weight is 306 g/mol. The standard InChI is InChI=1S/C18H34N4/c1-3-19-17(22-13-11-18(15-22)9-7-10-18)20-14-16-8-5-6-12-21(16)4-2/h16H,3-15H2,1-2H3,(H,19,20). The van der Waals surface area contributed by atoms with Crippen molar-refractivity contribution in [2.24, 2.45) is 10.4 Å². The summed E-state index contributed by atoms with van der Waals surface area (Å²) in [6.07, 6.45) is 9.75. The molecule has 4 heteroatoms. The minimum atomic E-state index is 0.649. The van der Waals surface area contributed by atoms with Crippen LogP contribution in [0.4, 0.5) is 0 Å². The zero-order valence-corrected chi connectivity index (χ0v) is 14.6. The fraction of sp³-hybridized carbons (Fsp3) is 0.944. The minimum Gasteiger partial charge on any atom is -0.357 e. The largest absolute Gasteiger partial charge is 0.357 e. The van der Waals surface area contributed by atoms with Crippen LogP contribution in [0.1, 0.15) is 58.8 Å². The Kier molecular flexibility index (Phi) is 5.27. The molecule has 3 rings (SSSR count). The van der Waals surface area contributed by atoms with Crippen LogP contribution in [-0.4, -0.2) is 61.1 Å². The molecule has 1 spiro atoms. The molecule has 0 aromatic carbocycles. The van der Waals surface area contributed by atoms with Gasteiger partial charge in [-0.25, -0.2) is 0 Å². The van der Waals surface area contributed by atoms with Crippen molar-refractivity contribution < 1.29 is 0 Å². The third-order valence-corrected chi connectivity index (χ3v) is 6.09. The molecule has 0 aromatic rings. The molecule has 0 amide bonds. The van der Waals surface area contributed by atoms with Gasteiger partial charge < -0.3 is 10.2 Å². The molecule has 3 aliphatic rings. The molecule has 3 fully saturated rings. The number of aliphatic imine (C=N–C) groups is 1. The van der Waals surface area contributed by atoms with Gasteiger partial charge in [-0.1, -0.05) is 19.8 Å². The van der Waals surface area contributed by atoms with Crippen LogP contribution in [-0.2, 0) is 0 Å². The lowest BCUT2D eigenvalue weighted by Gasteiger charge is -2.38. The van der Waals surface area contributed by atoms with Crippen LogP contribution >= 0.6 is 0 Å². The second-order valence-corrected chi connectivity index (χ2v) is 7.50. The molecule has 2 heterocycles. The number of hydrogen-bond donors (Lipinski definition) is 1. The second kappa shape index (κ2) is 7.20. The maximum Gasteiger partial charge on any atom is 0.193 e. The summed E-state index contributed by atoms with van der Waals surface area (Å²) in [6, 6.07) is 0.660. The van der Waals surface area contributed by atoms with Crippen LogP contribution in [0.15, 0.2) is 4.99 Å². The van der Waals surface area contributed by atoms with Crippen LogP contribution in [0, 0.1) is 5.41 Å². The molecule has 0 radical (unpaired) electrons. The molecule has 126 valence electrons. The molecule has 1 unspecified atom stereocenters. The number of likely N-dealkylation sites (N-methyl/N-ethyl adjacent to an activating group) is 1. The van der Waals surface area contributed by atoms with Crippen molar-refractivity contribution in [1.82, 2.24) is 15.1 Å². The third kappa shape index (κ3) is 3.42. The van der Waals surface area contributed by atoms with Crippen molar-refractivity contribution >= 4 is 5.96 Å². The van der Waals surface area contributed by atoms with Gasteiger partial charge in [-0.3, -0.25) is 9.89 Å². The molecule has 1 saturated carbocycles. The van der Waals surface area contributed by atoms with Crippen LogP contribution in [0.25, 0.3) is 0 Å². The molecule has 1 aliphatic carbocycles. The highest BCUT2D eigenvalue weighted by atomic mass is 15.3. The van der Waals surface area contributed by atoms with E-state index in [9.17, 15) is 0 Å². The maximum atomic E-state index is 5.03. The van der Waals surface area contributed by atoms with E-state index in [1.807, 2.05) is 0 Å². The number of nitrogens with one attached hydrogen (secondary N) is 1. The predicted molar refractivity (Wildman–Crippen MR) is 93.3 cm³/mol. The van der Waals surface area contributed by atoms with E-state index in [1.54, 1.807) is 0 Å². The van der Waals surface area contributed by atoms with Gasteiger partial charge in [0.05, 0.1) is 6.54 Å². The Bertz CT molecular complexity index is 389. The second-order valence-electron chi connectivity index (χ2n) is 7.50. The lowest BCUT2D eigenvalue weighted by Crippen LogP contribution is -2.45. The Hall–Kier alpha value is -0.770. The molecule has 2 saturated heterocycles. The Labute approximate surface area is 136 Å². The van der Waals surface area contributed by atoms with Crippen LogP contribution in [0.3, 0.4) is 0 Å². The molecule has 1 atom stereocenters. The van der Waals surface area contributed by atoms with E-state index < -0.39 is 0 Å². The predicted octanol–water partition coefficient (Wildman–Crippen LogP) is 2.70. The Balaban J connectivity index is 1.60. The van der Waals surface area contributed by atoms with Crippen molar-refractivity contribution in [2.45, 2.75) is 64.8 Å². The summed E-state index contributed by atoms with van der Waals surface area (Å²) in [6.45, 7) is 11.3. The zero-order chi connectivity index (χ0) is 15.4. The van der Waals surface area contributed by atoms with E-state index in [1.165, 1.54) is 77.1 Å². The maximum absolute atomic E-state index is 5.03. The van der Waals surface area contributed by atoms with Crippen LogP contribution in [0.5, 0.6) is 0 Å². The summed E-state index contributed by atoms with van der Waals surface area (Å²) in [4.78, 5) is 10.2. The summed E-state index contributed by atoms with van der Waals surface area (Å²) < 4.78 is 0. The van der Waals surface area contributed by atoms with Crippen molar-refractivity contribution in [3.05, 3.63) is 0 Å². The summed E-state index contributed by atoms with van der Waals surface area (Å²) in [7, 11) is 0. The van der Waals surface area contributed by atoms with E-state index in [2.05, 4.69) is 29.0 Å². The van der Waals surface area contributed by atoms with Gasteiger partial charge in [-0.2, -0.15) is 0 Å². The first-order valence-electron chi connectivity index (χ1n) is 9.54. The topological polar surface area (TPSA) is 30.9 Å². The number of guanidine groups is 1. The lowest BCUT2D eigenvalue weighted by atomic mass is 9.68. The molecular formula is C18H34N4. The Morgan fingerprint density at radius 2 is 2.00 bits per heavy atom. The fourth-order valence-electron chi connectivity index (χ4n) is 4.50. The van der Waals surface area contributed by atoms with Gasteiger partial charge in [-0.05, 0) is 57.5 Å². The van der Waals surface area contributed by atoms with E-state index in [0.717, 1.165) is 13.1 Å². The average Bonchev–Trinajstić information content (AvgIpc) is 2.97. The zero-order valence-electron chi connectivity index (χ0n) is 14.6. The van der Waals surface area contributed by atoms with Gasteiger partial charge >= 0.3 is 0 Å². The van der Waals surface area contributed by atoms with Gasteiger partial charge in [0.25, 0.3) is 0 Å². The lowest BCUT2D eigenvalue weighted by molar-refractivity contribution is 0.151. The summed E-state index contributed by atoms with van der Waals surface area (Å²) >= 11 is 0. The quantitative estimate of drug-likeness (QED) is 0.640. The van der Waals surface area contributed by atoms with Crippen LogP contribution < -0.4 is 5.32 Å². The van der Waals surface area contributed by atoms with Gasteiger partial charge in [0.2, 0.25) is 0 Å². The first-order valence-corrected chi connectivity index (χ1v) is 9.54. The van der Waals surface area contributed by atoms with Crippen molar-refractivity contribution in [3.8, 4) is 0 Å². The van der Waals surface area contributed by atoms with E-state index in [-0.39, 0.29) is 0 Å². The first kappa shape index (κ1) is 16.1. The monoisotopic (exact) mass is 306 g/mol. The minimum absolute atomic E-state index is 0.649.